The van der Waals surface area contributed by atoms with Crippen molar-refractivity contribution in [1.29, 1.82) is 0 Å². The molecule has 3 heterocycles. The van der Waals surface area contributed by atoms with E-state index in [-0.39, 0.29) is 18.0 Å². The smallest absolute Gasteiger partial charge is 0.226 e. The molecular weight excluding hydrogens is 454 g/mol. The topological polar surface area (TPSA) is 62.2 Å². The van der Waals surface area contributed by atoms with Gasteiger partial charge in [-0.05, 0) is 81.7 Å². The number of nitrogens with one attached hydrogen (secondary N) is 2. The van der Waals surface area contributed by atoms with Gasteiger partial charge in [-0.2, -0.15) is 0 Å². The van der Waals surface area contributed by atoms with Gasteiger partial charge in [-0.1, -0.05) is 31.2 Å². The molecule has 4 rings (SSSR count). The van der Waals surface area contributed by atoms with Crippen molar-refractivity contribution in [2.45, 2.75) is 65.6 Å². The van der Waals surface area contributed by atoms with E-state index in [2.05, 4.69) is 65.8 Å². The Bertz CT molecular complexity index is 1200. The summed E-state index contributed by atoms with van der Waals surface area (Å²) >= 11 is 5.80. The van der Waals surface area contributed by atoms with Crippen LogP contribution in [0.3, 0.4) is 0 Å². The molecule has 0 bridgehead atoms. The van der Waals surface area contributed by atoms with E-state index in [1.165, 1.54) is 17.0 Å². The molecule has 0 radical (unpaired) electrons. The van der Waals surface area contributed by atoms with Crippen molar-refractivity contribution < 1.29 is 4.79 Å². The summed E-state index contributed by atoms with van der Waals surface area (Å²) in [5, 5.41) is 7.25. The number of pyridine rings is 1. The van der Waals surface area contributed by atoms with Crippen LogP contribution in [0.5, 0.6) is 0 Å². The van der Waals surface area contributed by atoms with Crippen LogP contribution in [0.15, 0.2) is 54.7 Å². The second-order valence-corrected chi connectivity index (χ2v) is 9.81. The van der Waals surface area contributed by atoms with Gasteiger partial charge in [-0.25, -0.2) is 0 Å². The van der Waals surface area contributed by atoms with Gasteiger partial charge in [0.25, 0.3) is 0 Å². The first-order chi connectivity index (χ1) is 16.8. The molecule has 2 atom stereocenters. The first kappa shape index (κ1) is 24.9. The van der Waals surface area contributed by atoms with Crippen LogP contribution >= 0.6 is 12.2 Å². The van der Waals surface area contributed by atoms with Crippen molar-refractivity contribution in [3.63, 3.8) is 0 Å². The van der Waals surface area contributed by atoms with Crippen LogP contribution in [0.1, 0.15) is 73.5 Å². The molecule has 0 aliphatic carbocycles. The molecular formula is C28H35N5OS. The summed E-state index contributed by atoms with van der Waals surface area (Å²) in [6, 6.07) is 16.4. The Morgan fingerprint density at radius 1 is 1.17 bits per heavy atom. The summed E-state index contributed by atoms with van der Waals surface area (Å²) in [5.41, 5.74) is 6.62. The number of para-hydroxylation sites is 1. The number of hydrogen-bond acceptors (Lipinski definition) is 3. The number of amides is 1. The van der Waals surface area contributed by atoms with Gasteiger partial charge >= 0.3 is 0 Å². The van der Waals surface area contributed by atoms with Gasteiger partial charge in [0.05, 0.1) is 17.8 Å². The van der Waals surface area contributed by atoms with Gasteiger partial charge in [-0.15, -0.1) is 0 Å². The number of rotatable bonds is 8. The number of carbonyl (C=O) groups excluding carboxylic acids is 1. The van der Waals surface area contributed by atoms with Crippen molar-refractivity contribution in [3.05, 3.63) is 82.9 Å². The number of hydrogen-bond donors (Lipinski definition) is 2. The lowest BCUT2D eigenvalue weighted by Gasteiger charge is -2.28. The molecule has 1 amide bonds. The van der Waals surface area contributed by atoms with Crippen molar-refractivity contribution in [2.75, 3.05) is 11.9 Å². The average Bonchev–Trinajstić information content (AvgIpc) is 3.33. The predicted octanol–water partition coefficient (Wildman–Crippen LogP) is 5.64. The van der Waals surface area contributed by atoms with Crippen LogP contribution in [-0.2, 0) is 11.2 Å². The molecule has 1 aromatic carbocycles. The molecule has 0 spiro atoms. The number of nitrogens with zero attached hydrogens (tertiary/aromatic N) is 3. The summed E-state index contributed by atoms with van der Waals surface area (Å²) < 4.78 is 2.36. The molecule has 1 aliphatic heterocycles. The molecule has 2 N–H and O–H groups in total. The van der Waals surface area contributed by atoms with Gasteiger partial charge in [0, 0.05) is 42.3 Å². The van der Waals surface area contributed by atoms with Crippen molar-refractivity contribution in [1.82, 2.24) is 19.8 Å². The highest BCUT2D eigenvalue weighted by Crippen LogP contribution is 2.41. The number of aryl methyl sites for hydroxylation is 2. The molecule has 1 fully saturated rings. The monoisotopic (exact) mass is 489 g/mol. The van der Waals surface area contributed by atoms with E-state index in [1.807, 2.05) is 48.7 Å². The third-order valence-corrected chi connectivity index (χ3v) is 7.16. The number of aromatic nitrogens is 2. The lowest BCUT2D eigenvalue weighted by atomic mass is 9.96. The standard InChI is InChI=1S/C28H35N5OS/c1-6-21-11-7-8-12-23(21)30-25(34)14-16-32-27(22-17-19(4)33(18(2)3)20(22)5)26(31-28(32)35)24-13-9-10-15-29-24/h7-13,15,17-18,26-27H,6,14,16H2,1-5H3,(H,30,34)(H,31,35). The van der Waals surface area contributed by atoms with E-state index in [0.717, 1.165) is 23.4 Å². The lowest BCUT2D eigenvalue weighted by Crippen LogP contribution is -2.33. The highest BCUT2D eigenvalue weighted by molar-refractivity contribution is 7.80. The maximum Gasteiger partial charge on any atom is 0.226 e. The van der Waals surface area contributed by atoms with E-state index in [0.29, 0.717) is 24.1 Å². The summed E-state index contributed by atoms with van der Waals surface area (Å²) in [7, 11) is 0. The van der Waals surface area contributed by atoms with Crippen LogP contribution in [-0.4, -0.2) is 32.0 Å². The molecule has 3 aromatic rings. The molecule has 0 saturated carbocycles. The highest BCUT2D eigenvalue weighted by atomic mass is 32.1. The number of benzene rings is 1. The molecule has 2 aromatic heterocycles. The first-order valence-corrected chi connectivity index (χ1v) is 12.8. The summed E-state index contributed by atoms with van der Waals surface area (Å²) in [6.45, 7) is 11.3. The van der Waals surface area contributed by atoms with E-state index in [4.69, 9.17) is 12.2 Å². The molecule has 1 aliphatic rings. The Labute approximate surface area is 213 Å². The summed E-state index contributed by atoms with van der Waals surface area (Å²) in [5.74, 6) is -0.0126. The Kier molecular flexibility index (Phi) is 7.55. The fourth-order valence-electron chi connectivity index (χ4n) is 5.27. The maximum atomic E-state index is 12.9. The van der Waals surface area contributed by atoms with E-state index < -0.39 is 0 Å². The van der Waals surface area contributed by atoms with E-state index in [9.17, 15) is 4.79 Å². The van der Waals surface area contributed by atoms with Crippen LogP contribution in [0, 0.1) is 13.8 Å². The fourth-order valence-corrected chi connectivity index (χ4v) is 5.60. The Balaban J connectivity index is 1.61. The zero-order valence-electron chi connectivity index (χ0n) is 21.2. The fraction of sp³-hybridized carbons (Fsp3) is 0.393. The van der Waals surface area contributed by atoms with Gasteiger partial charge in [0.2, 0.25) is 5.91 Å². The predicted molar refractivity (Wildman–Crippen MR) is 146 cm³/mol. The first-order valence-electron chi connectivity index (χ1n) is 12.4. The minimum atomic E-state index is -0.0892. The second-order valence-electron chi connectivity index (χ2n) is 9.42. The zero-order chi connectivity index (χ0) is 25.1. The van der Waals surface area contributed by atoms with Gasteiger partial charge in [-0.3, -0.25) is 9.78 Å². The van der Waals surface area contributed by atoms with Crippen molar-refractivity contribution in [3.8, 4) is 0 Å². The molecule has 184 valence electrons. The van der Waals surface area contributed by atoms with Crippen LogP contribution in [0.25, 0.3) is 0 Å². The van der Waals surface area contributed by atoms with Gasteiger partial charge < -0.3 is 20.1 Å². The third kappa shape index (κ3) is 5.10. The number of anilines is 1. The highest BCUT2D eigenvalue weighted by Gasteiger charge is 2.41. The number of carbonyl (C=O) groups is 1. The lowest BCUT2D eigenvalue weighted by molar-refractivity contribution is -0.116. The Morgan fingerprint density at radius 3 is 2.57 bits per heavy atom. The quantitative estimate of drug-likeness (QED) is 0.401. The SMILES string of the molecule is CCc1ccccc1NC(=O)CCN1C(=S)NC(c2ccccn2)C1c1cc(C)n(C(C)C)c1C. The molecule has 35 heavy (non-hydrogen) atoms. The minimum absolute atomic E-state index is 0.0126. The molecule has 6 nitrogen and oxygen atoms in total. The number of thiocarbonyl (C=S) groups is 1. The van der Waals surface area contributed by atoms with E-state index in [1.54, 1.807) is 0 Å². The van der Waals surface area contributed by atoms with E-state index >= 15 is 0 Å². The second kappa shape index (κ2) is 10.6. The zero-order valence-corrected chi connectivity index (χ0v) is 22.0. The Hall–Kier alpha value is -3.19. The summed E-state index contributed by atoms with van der Waals surface area (Å²) in [4.78, 5) is 19.7. The van der Waals surface area contributed by atoms with Crippen LogP contribution < -0.4 is 10.6 Å². The Morgan fingerprint density at radius 2 is 1.91 bits per heavy atom. The largest absolute Gasteiger partial charge is 0.352 e. The normalized spacial score (nSPS) is 17.7. The third-order valence-electron chi connectivity index (χ3n) is 6.81. The summed E-state index contributed by atoms with van der Waals surface area (Å²) in [6.07, 6.45) is 3.03. The molecule has 1 saturated heterocycles. The van der Waals surface area contributed by atoms with Crippen molar-refractivity contribution in [2.24, 2.45) is 0 Å². The van der Waals surface area contributed by atoms with Crippen molar-refractivity contribution >= 4 is 28.9 Å². The van der Waals surface area contributed by atoms with Gasteiger partial charge in [0.1, 0.15) is 0 Å². The van der Waals surface area contributed by atoms with Crippen LogP contribution in [0.4, 0.5) is 5.69 Å². The van der Waals surface area contributed by atoms with Crippen LogP contribution in [0.2, 0.25) is 0 Å². The van der Waals surface area contributed by atoms with Gasteiger partial charge in [0.15, 0.2) is 5.11 Å². The molecule has 7 heteroatoms. The molecule has 2 unspecified atom stereocenters. The average molecular weight is 490 g/mol. The minimum Gasteiger partial charge on any atom is -0.352 e. The maximum absolute atomic E-state index is 12.9.